The molecule has 0 bridgehead atoms. The van der Waals surface area contributed by atoms with E-state index in [9.17, 15) is 4.79 Å². The highest BCUT2D eigenvalue weighted by Gasteiger charge is 2.11. The highest BCUT2D eigenvalue weighted by Crippen LogP contribution is 2.05. The van der Waals surface area contributed by atoms with Crippen molar-refractivity contribution in [1.29, 1.82) is 0 Å². The lowest BCUT2D eigenvalue weighted by Crippen LogP contribution is -2.36. The molecule has 1 atom stereocenters. The van der Waals surface area contributed by atoms with Gasteiger partial charge in [0.15, 0.2) is 0 Å². The Balaban J connectivity index is 2.01. The summed E-state index contributed by atoms with van der Waals surface area (Å²) in [5.41, 5.74) is 5.70. The summed E-state index contributed by atoms with van der Waals surface area (Å²) in [4.78, 5) is 13.8. The maximum absolute atomic E-state index is 11.4. The van der Waals surface area contributed by atoms with Crippen LogP contribution < -0.4 is 11.1 Å². The quantitative estimate of drug-likeness (QED) is 0.668. The minimum Gasteiger partial charge on any atom is -0.355 e. The van der Waals surface area contributed by atoms with E-state index in [0.29, 0.717) is 6.42 Å². The Bertz CT molecular complexity index is 190. The molecule has 3 N–H and O–H groups in total. The Morgan fingerprint density at radius 2 is 2.13 bits per heavy atom. The smallest absolute Gasteiger partial charge is 0.221 e. The van der Waals surface area contributed by atoms with Gasteiger partial charge in [-0.3, -0.25) is 4.79 Å². The van der Waals surface area contributed by atoms with Crippen LogP contribution in [0.2, 0.25) is 0 Å². The average molecular weight is 213 g/mol. The van der Waals surface area contributed by atoms with Gasteiger partial charge in [-0.1, -0.05) is 6.92 Å². The molecule has 0 aromatic carbocycles. The van der Waals surface area contributed by atoms with Crippen molar-refractivity contribution in [1.82, 2.24) is 10.2 Å². The number of rotatable bonds is 6. The Morgan fingerprint density at radius 1 is 1.47 bits per heavy atom. The molecule has 1 aliphatic rings. The third kappa shape index (κ3) is 5.14. The minimum absolute atomic E-state index is 0.0109. The first-order valence-electron chi connectivity index (χ1n) is 5.97. The fraction of sp³-hybridized carbons (Fsp3) is 0.909. The van der Waals surface area contributed by atoms with Crippen LogP contribution in [0.15, 0.2) is 0 Å². The average Bonchev–Trinajstić information content (AvgIpc) is 2.70. The van der Waals surface area contributed by atoms with Crippen LogP contribution in [-0.2, 0) is 4.79 Å². The lowest BCUT2D eigenvalue weighted by Gasteiger charge is -2.15. The van der Waals surface area contributed by atoms with Gasteiger partial charge in [0.1, 0.15) is 0 Å². The van der Waals surface area contributed by atoms with E-state index in [0.717, 1.165) is 19.5 Å². The summed E-state index contributed by atoms with van der Waals surface area (Å²) < 4.78 is 0. The number of hydrogen-bond acceptors (Lipinski definition) is 3. The van der Waals surface area contributed by atoms with Gasteiger partial charge in [0.25, 0.3) is 0 Å². The summed E-state index contributed by atoms with van der Waals surface area (Å²) in [6, 6.07) is 0.0109. The number of nitrogens with zero attached hydrogens (tertiary/aromatic N) is 1. The SMILES string of the molecule is CCC(N)CC(=O)NCCN1CCCC1. The molecule has 0 saturated carbocycles. The molecule has 4 nitrogen and oxygen atoms in total. The molecule has 1 fully saturated rings. The van der Waals surface area contributed by atoms with Gasteiger partial charge in [0, 0.05) is 25.6 Å². The van der Waals surface area contributed by atoms with E-state index < -0.39 is 0 Å². The maximum atomic E-state index is 11.4. The van der Waals surface area contributed by atoms with Gasteiger partial charge >= 0.3 is 0 Å². The third-order valence-corrected chi connectivity index (χ3v) is 2.92. The normalized spacial score (nSPS) is 19.1. The monoisotopic (exact) mass is 213 g/mol. The van der Waals surface area contributed by atoms with Crippen molar-refractivity contribution in [3.63, 3.8) is 0 Å². The summed E-state index contributed by atoms with van der Waals surface area (Å²) in [6.07, 6.45) is 3.92. The molecule has 0 radical (unpaired) electrons. The molecule has 1 aliphatic heterocycles. The zero-order chi connectivity index (χ0) is 11.1. The minimum atomic E-state index is 0.0109. The van der Waals surface area contributed by atoms with E-state index in [1.807, 2.05) is 6.92 Å². The van der Waals surface area contributed by atoms with Crippen LogP contribution in [0.25, 0.3) is 0 Å². The van der Waals surface area contributed by atoms with E-state index in [1.165, 1.54) is 25.9 Å². The molecule has 0 aliphatic carbocycles. The largest absolute Gasteiger partial charge is 0.355 e. The van der Waals surface area contributed by atoms with Gasteiger partial charge in [-0.2, -0.15) is 0 Å². The lowest BCUT2D eigenvalue weighted by molar-refractivity contribution is -0.121. The molecule has 15 heavy (non-hydrogen) atoms. The highest BCUT2D eigenvalue weighted by molar-refractivity contribution is 5.76. The summed E-state index contributed by atoms with van der Waals surface area (Å²) >= 11 is 0. The molecule has 1 unspecified atom stereocenters. The van der Waals surface area contributed by atoms with E-state index in [4.69, 9.17) is 5.73 Å². The van der Waals surface area contributed by atoms with Crippen LogP contribution in [0, 0.1) is 0 Å². The molecular formula is C11H23N3O. The van der Waals surface area contributed by atoms with Crippen molar-refractivity contribution in [2.24, 2.45) is 5.73 Å². The molecule has 0 spiro atoms. The van der Waals surface area contributed by atoms with Gasteiger partial charge < -0.3 is 16.0 Å². The number of nitrogens with one attached hydrogen (secondary N) is 1. The van der Waals surface area contributed by atoms with Crippen molar-refractivity contribution in [3.8, 4) is 0 Å². The van der Waals surface area contributed by atoms with Crippen LogP contribution in [0.5, 0.6) is 0 Å². The Labute approximate surface area is 92.2 Å². The second kappa shape index (κ2) is 6.80. The van der Waals surface area contributed by atoms with Crippen LogP contribution in [-0.4, -0.2) is 43.0 Å². The topological polar surface area (TPSA) is 58.4 Å². The Hall–Kier alpha value is -0.610. The first-order valence-corrected chi connectivity index (χ1v) is 5.97. The molecule has 0 aromatic rings. The first kappa shape index (κ1) is 12.5. The van der Waals surface area contributed by atoms with E-state index in [2.05, 4.69) is 10.2 Å². The van der Waals surface area contributed by atoms with E-state index in [1.54, 1.807) is 0 Å². The molecule has 4 heteroatoms. The van der Waals surface area contributed by atoms with Crippen molar-refractivity contribution < 1.29 is 4.79 Å². The van der Waals surface area contributed by atoms with Gasteiger partial charge in [-0.05, 0) is 32.4 Å². The number of nitrogens with two attached hydrogens (primary N) is 1. The number of carbonyl (C=O) groups is 1. The number of carbonyl (C=O) groups excluding carboxylic acids is 1. The second-order valence-electron chi connectivity index (χ2n) is 4.27. The fourth-order valence-corrected chi connectivity index (χ4v) is 1.81. The molecule has 1 rings (SSSR count). The lowest BCUT2D eigenvalue weighted by atomic mass is 10.1. The standard InChI is InChI=1S/C11H23N3O/c1-2-10(12)9-11(15)13-5-8-14-6-3-4-7-14/h10H,2-9,12H2,1H3,(H,13,15). The zero-order valence-corrected chi connectivity index (χ0v) is 9.67. The van der Waals surface area contributed by atoms with E-state index in [-0.39, 0.29) is 11.9 Å². The van der Waals surface area contributed by atoms with E-state index >= 15 is 0 Å². The molecule has 0 aromatic heterocycles. The number of likely N-dealkylation sites (tertiary alicyclic amines) is 1. The number of hydrogen-bond donors (Lipinski definition) is 2. The predicted octanol–water partition coefficient (Wildman–Crippen LogP) is 0.326. The van der Waals surface area contributed by atoms with Crippen molar-refractivity contribution >= 4 is 5.91 Å². The highest BCUT2D eigenvalue weighted by atomic mass is 16.1. The van der Waals surface area contributed by atoms with Gasteiger partial charge in [0.2, 0.25) is 5.91 Å². The molecule has 1 saturated heterocycles. The van der Waals surface area contributed by atoms with Gasteiger partial charge in [-0.15, -0.1) is 0 Å². The zero-order valence-electron chi connectivity index (χ0n) is 9.67. The Morgan fingerprint density at radius 3 is 2.73 bits per heavy atom. The number of amides is 1. The summed E-state index contributed by atoms with van der Waals surface area (Å²) in [5.74, 6) is 0.0866. The van der Waals surface area contributed by atoms with Crippen LogP contribution in [0.3, 0.4) is 0 Å². The summed E-state index contributed by atoms with van der Waals surface area (Å²) in [7, 11) is 0. The Kier molecular flexibility index (Phi) is 5.65. The molecule has 88 valence electrons. The van der Waals surface area contributed by atoms with Crippen molar-refractivity contribution in [2.75, 3.05) is 26.2 Å². The third-order valence-electron chi connectivity index (χ3n) is 2.92. The van der Waals surface area contributed by atoms with Gasteiger partial charge in [0.05, 0.1) is 0 Å². The molecule has 1 heterocycles. The summed E-state index contributed by atoms with van der Waals surface area (Å²) in [5, 5.41) is 2.91. The second-order valence-corrected chi connectivity index (χ2v) is 4.27. The first-order chi connectivity index (χ1) is 7.22. The fourth-order valence-electron chi connectivity index (χ4n) is 1.81. The van der Waals surface area contributed by atoms with Crippen molar-refractivity contribution in [2.45, 2.75) is 38.6 Å². The van der Waals surface area contributed by atoms with Crippen LogP contribution in [0.4, 0.5) is 0 Å². The maximum Gasteiger partial charge on any atom is 0.221 e. The van der Waals surface area contributed by atoms with Crippen LogP contribution >= 0.6 is 0 Å². The van der Waals surface area contributed by atoms with Crippen LogP contribution in [0.1, 0.15) is 32.6 Å². The van der Waals surface area contributed by atoms with Gasteiger partial charge in [-0.25, -0.2) is 0 Å². The predicted molar refractivity (Wildman–Crippen MR) is 61.6 cm³/mol. The molecule has 1 amide bonds. The molecular weight excluding hydrogens is 190 g/mol. The summed E-state index contributed by atoms with van der Waals surface area (Å²) in [6.45, 7) is 6.11. The van der Waals surface area contributed by atoms with Crippen molar-refractivity contribution in [3.05, 3.63) is 0 Å².